The van der Waals surface area contributed by atoms with Crippen LogP contribution in [0, 0.1) is 5.95 Å². The quantitative estimate of drug-likeness (QED) is 0.570. The van der Waals surface area contributed by atoms with Crippen LogP contribution in [0.2, 0.25) is 0 Å². The first-order chi connectivity index (χ1) is 12.6. The Morgan fingerprint density at radius 2 is 1.81 bits per heavy atom. The van der Waals surface area contributed by atoms with E-state index in [0.717, 1.165) is 11.0 Å². The molecule has 26 heavy (non-hydrogen) atoms. The lowest BCUT2D eigenvalue weighted by Crippen LogP contribution is -2.11. The van der Waals surface area contributed by atoms with Crippen molar-refractivity contribution in [2.75, 3.05) is 5.32 Å². The number of hydrogen-bond acceptors (Lipinski definition) is 3. The normalized spacial score (nSPS) is 10.8. The Morgan fingerprint density at radius 3 is 2.58 bits per heavy atom. The lowest BCUT2D eigenvalue weighted by atomic mass is 10.2. The summed E-state index contributed by atoms with van der Waals surface area (Å²) in [5.74, 6) is -0.171. The first-order valence-electron chi connectivity index (χ1n) is 8.07. The van der Waals surface area contributed by atoms with Crippen LogP contribution >= 0.6 is 0 Å². The molecule has 0 fully saturated rings. The predicted molar refractivity (Wildman–Crippen MR) is 98.3 cm³/mol. The molecule has 128 valence electrons. The van der Waals surface area contributed by atoms with E-state index in [1.807, 2.05) is 41.9 Å². The maximum Gasteiger partial charge on any atom is 0.255 e. The number of aromatic nitrogens is 3. The fourth-order valence-corrected chi connectivity index (χ4v) is 2.82. The zero-order chi connectivity index (χ0) is 18.1. The molecule has 0 aliphatic carbocycles. The number of carbonyl (C=O) groups is 1. The predicted octanol–water partition coefficient (Wildman–Crippen LogP) is 4.03. The van der Waals surface area contributed by atoms with Gasteiger partial charge in [-0.15, -0.1) is 0 Å². The molecule has 1 N–H and O–H groups in total. The van der Waals surface area contributed by atoms with Gasteiger partial charge in [0, 0.05) is 18.3 Å². The standard InChI is InChI=1S/C20H15FN4O/c1-25-17-12-14(22-20(26)13-6-3-2-4-7-13)10-11-15(17)24-19(25)16-8-5-9-18(21)23-16/h2-12H,1H3,(H,22,26). The third-order valence-corrected chi connectivity index (χ3v) is 4.12. The molecule has 4 rings (SSSR count). The molecule has 0 aliphatic heterocycles. The van der Waals surface area contributed by atoms with Crippen molar-refractivity contribution in [2.45, 2.75) is 0 Å². The number of nitrogens with zero attached hydrogens (tertiary/aromatic N) is 3. The van der Waals surface area contributed by atoms with Gasteiger partial charge in [0.2, 0.25) is 5.95 Å². The van der Waals surface area contributed by atoms with Crippen molar-refractivity contribution in [3.8, 4) is 11.5 Å². The number of rotatable bonds is 3. The molecule has 0 saturated carbocycles. The first-order valence-corrected chi connectivity index (χ1v) is 8.07. The van der Waals surface area contributed by atoms with E-state index in [2.05, 4.69) is 15.3 Å². The third kappa shape index (κ3) is 2.93. The Balaban J connectivity index is 1.69. The van der Waals surface area contributed by atoms with Gasteiger partial charge in [0.25, 0.3) is 5.91 Å². The summed E-state index contributed by atoms with van der Waals surface area (Å²) in [6.45, 7) is 0. The van der Waals surface area contributed by atoms with E-state index >= 15 is 0 Å². The van der Waals surface area contributed by atoms with Crippen molar-refractivity contribution < 1.29 is 9.18 Å². The average molecular weight is 346 g/mol. The second kappa shape index (κ2) is 6.40. The van der Waals surface area contributed by atoms with Crippen molar-refractivity contribution in [1.82, 2.24) is 14.5 Å². The van der Waals surface area contributed by atoms with Gasteiger partial charge in [0.05, 0.1) is 11.0 Å². The van der Waals surface area contributed by atoms with E-state index in [-0.39, 0.29) is 5.91 Å². The minimum absolute atomic E-state index is 0.181. The Morgan fingerprint density at radius 1 is 1.00 bits per heavy atom. The number of imidazole rings is 1. The second-order valence-corrected chi connectivity index (χ2v) is 5.86. The maximum absolute atomic E-state index is 13.4. The van der Waals surface area contributed by atoms with Crippen molar-refractivity contribution in [2.24, 2.45) is 7.05 Å². The van der Waals surface area contributed by atoms with E-state index in [1.54, 1.807) is 30.3 Å². The molecular formula is C20H15FN4O. The van der Waals surface area contributed by atoms with Gasteiger partial charge in [-0.2, -0.15) is 4.39 Å². The van der Waals surface area contributed by atoms with Gasteiger partial charge in [-0.1, -0.05) is 24.3 Å². The molecule has 0 radical (unpaired) electrons. The van der Waals surface area contributed by atoms with Crippen LogP contribution in [0.15, 0.2) is 66.7 Å². The van der Waals surface area contributed by atoms with Crippen molar-refractivity contribution in [3.63, 3.8) is 0 Å². The highest BCUT2D eigenvalue weighted by molar-refractivity contribution is 6.05. The van der Waals surface area contributed by atoms with Crippen LogP contribution in [0.4, 0.5) is 10.1 Å². The van der Waals surface area contributed by atoms with Gasteiger partial charge in [-0.3, -0.25) is 4.79 Å². The molecule has 5 nitrogen and oxygen atoms in total. The maximum atomic E-state index is 13.4. The molecule has 0 bridgehead atoms. The largest absolute Gasteiger partial charge is 0.326 e. The summed E-state index contributed by atoms with van der Waals surface area (Å²) < 4.78 is 15.2. The molecule has 2 heterocycles. The number of amides is 1. The fraction of sp³-hybridized carbons (Fsp3) is 0.0500. The number of nitrogens with one attached hydrogen (secondary N) is 1. The molecule has 0 unspecified atom stereocenters. The van der Waals surface area contributed by atoms with Gasteiger partial charge >= 0.3 is 0 Å². The Bertz CT molecular complexity index is 1110. The van der Waals surface area contributed by atoms with Gasteiger partial charge < -0.3 is 9.88 Å². The molecule has 4 aromatic rings. The summed E-state index contributed by atoms with van der Waals surface area (Å²) in [5.41, 5.74) is 3.26. The van der Waals surface area contributed by atoms with Crippen molar-refractivity contribution >= 4 is 22.6 Å². The van der Waals surface area contributed by atoms with E-state index in [4.69, 9.17) is 0 Å². The number of carbonyl (C=O) groups excluding carboxylic acids is 1. The molecule has 0 atom stereocenters. The molecule has 2 aromatic carbocycles. The number of anilines is 1. The highest BCUT2D eigenvalue weighted by Gasteiger charge is 2.13. The topological polar surface area (TPSA) is 59.8 Å². The zero-order valence-electron chi connectivity index (χ0n) is 14.0. The summed E-state index contributed by atoms with van der Waals surface area (Å²) in [4.78, 5) is 20.7. The van der Waals surface area contributed by atoms with Crippen LogP contribution in [0.3, 0.4) is 0 Å². The van der Waals surface area contributed by atoms with Crippen molar-refractivity contribution in [1.29, 1.82) is 0 Å². The van der Waals surface area contributed by atoms with Gasteiger partial charge in [-0.05, 0) is 42.5 Å². The highest BCUT2D eigenvalue weighted by Crippen LogP contribution is 2.25. The number of aryl methyl sites for hydroxylation is 1. The van der Waals surface area contributed by atoms with E-state index in [1.165, 1.54) is 6.07 Å². The van der Waals surface area contributed by atoms with E-state index in [9.17, 15) is 9.18 Å². The van der Waals surface area contributed by atoms with Gasteiger partial charge in [-0.25, -0.2) is 9.97 Å². The van der Waals surface area contributed by atoms with Gasteiger partial charge in [0.15, 0.2) is 5.82 Å². The van der Waals surface area contributed by atoms with Crippen LogP contribution in [-0.4, -0.2) is 20.4 Å². The molecule has 0 spiro atoms. The van der Waals surface area contributed by atoms with Crippen LogP contribution in [0.25, 0.3) is 22.6 Å². The van der Waals surface area contributed by atoms with E-state index < -0.39 is 5.95 Å². The third-order valence-electron chi connectivity index (χ3n) is 4.12. The lowest BCUT2D eigenvalue weighted by molar-refractivity contribution is 0.102. The number of pyridine rings is 1. The summed E-state index contributed by atoms with van der Waals surface area (Å²) >= 11 is 0. The molecule has 2 aromatic heterocycles. The SMILES string of the molecule is Cn1c(-c2cccc(F)n2)nc2ccc(NC(=O)c3ccccc3)cc21. The zero-order valence-corrected chi connectivity index (χ0v) is 14.0. The fourth-order valence-electron chi connectivity index (χ4n) is 2.82. The Labute approximate surface area is 149 Å². The van der Waals surface area contributed by atoms with E-state index in [0.29, 0.717) is 22.8 Å². The monoisotopic (exact) mass is 346 g/mol. The Hall–Kier alpha value is -3.54. The molecular weight excluding hydrogens is 331 g/mol. The molecule has 6 heteroatoms. The summed E-state index contributed by atoms with van der Waals surface area (Å²) in [6.07, 6.45) is 0. The lowest BCUT2D eigenvalue weighted by Gasteiger charge is -2.06. The molecule has 0 saturated heterocycles. The van der Waals surface area contributed by atoms with Crippen LogP contribution in [-0.2, 0) is 7.05 Å². The first kappa shape index (κ1) is 16.0. The number of benzene rings is 2. The number of halogens is 1. The number of hydrogen-bond donors (Lipinski definition) is 1. The van der Waals surface area contributed by atoms with Crippen LogP contribution in [0.5, 0.6) is 0 Å². The molecule has 1 amide bonds. The summed E-state index contributed by atoms with van der Waals surface area (Å²) in [7, 11) is 1.83. The van der Waals surface area contributed by atoms with Gasteiger partial charge in [0.1, 0.15) is 5.69 Å². The molecule has 0 aliphatic rings. The minimum Gasteiger partial charge on any atom is -0.326 e. The summed E-state index contributed by atoms with van der Waals surface area (Å²) in [6, 6.07) is 19.1. The Kier molecular flexibility index (Phi) is 3.93. The average Bonchev–Trinajstić information content (AvgIpc) is 2.99. The van der Waals surface area contributed by atoms with Crippen LogP contribution < -0.4 is 5.32 Å². The highest BCUT2D eigenvalue weighted by atomic mass is 19.1. The minimum atomic E-state index is -0.551. The van der Waals surface area contributed by atoms with Crippen molar-refractivity contribution in [3.05, 3.63) is 78.2 Å². The van der Waals surface area contributed by atoms with Crippen LogP contribution in [0.1, 0.15) is 10.4 Å². The second-order valence-electron chi connectivity index (χ2n) is 5.86. The summed E-state index contributed by atoms with van der Waals surface area (Å²) in [5, 5.41) is 2.88. The number of fused-ring (bicyclic) bond motifs is 1. The smallest absolute Gasteiger partial charge is 0.255 e.